The Balaban J connectivity index is 1.57. The molecular weight excluding hydrogens is 382 g/mol. The largest absolute Gasteiger partial charge is 0.376 e. The highest BCUT2D eigenvalue weighted by Gasteiger charge is 2.19. The Hall–Kier alpha value is -2.38. The number of hydrogen-bond donors (Lipinski definition) is 1. The second-order valence-electron chi connectivity index (χ2n) is 7.74. The predicted octanol–water partition coefficient (Wildman–Crippen LogP) is 3.42. The average molecular weight is 416 g/mol. The van der Waals surface area contributed by atoms with Gasteiger partial charge in [-0.05, 0) is 64.3 Å². The Morgan fingerprint density at radius 2 is 2.07 bits per heavy atom. The number of fused-ring (bicyclic) bond motifs is 1. The van der Waals surface area contributed by atoms with Gasteiger partial charge in [-0.2, -0.15) is 0 Å². The van der Waals surface area contributed by atoms with Gasteiger partial charge in [0.1, 0.15) is 12.6 Å². The van der Waals surface area contributed by atoms with E-state index in [0.717, 1.165) is 36.8 Å². The molecule has 7 heteroatoms. The maximum atomic E-state index is 12.5. The van der Waals surface area contributed by atoms with Gasteiger partial charge < -0.3 is 24.3 Å². The van der Waals surface area contributed by atoms with Crippen LogP contribution in [0.5, 0.6) is 0 Å². The minimum atomic E-state index is -0.553. The highest BCUT2D eigenvalue weighted by molar-refractivity contribution is 5.96. The van der Waals surface area contributed by atoms with Crippen LogP contribution in [0, 0.1) is 0 Å². The molecule has 164 valence electrons. The Morgan fingerprint density at radius 3 is 2.77 bits per heavy atom. The first-order valence-corrected chi connectivity index (χ1v) is 10.9. The number of anilines is 1. The van der Waals surface area contributed by atoms with E-state index < -0.39 is 6.10 Å². The molecule has 2 aromatic rings. The van der Waals surface area contributed by atoms with Crippen LogP contribution in [0.15, 0.2) is 30.5 Å². The molecule has 1 fully saturated rings. The zero-order chi connectivity index (χ0) is 21.5. The lowest BCUT2D eigenvalue weighted by Gasteiger charge is -2.23. The molecule has 7 nitrogen and oxygen atoms in total. The Bertz CT molecular complexity index is 853. The molecular formula is C23H33N3O4. The van der Waals surface area contributed by atoms with Crippen molar-refractivity contribution in [2.75, 3.05) is 31.6 Å². The molecule has 0 bridgehead atoms. The molecule has 0 aliphatic carbocycles. The molecule has 0 spiro atoms. The molecule has 2 amide bonds. The lowest BCUT2D eigenvalue weighted by Crippen LogP contribution is -2.33. The summed E-state index contributed by atoms with van der Waals surface area (Å²) in [5, 5.41) is 3.90. The molecule has 1 N–H and O–H groups in total. The average Bonchev–Trinajstić information content (AvgIpc) is 3.15. The van der Waals surface area contributed by atoms with Gasteiger partial charge in [0, 0.05) is 42.5 Å². The third kappa shape index (κ3) is 5.61. The van der Waals surface area contributed by atoms with E-state index in [0.29, 0.717) is 31.9 Å². The van der Waals surface area contributed by atoms with Gasteiger partial charge >= 0.3 is 0 Å². The van der Waals surface area contributed by atoms with Crippen LogP contribution in [0.4, 0.5) is 5.69 Å². The van der Waals surface area contributed by atoms with Crippen LogP contribution >= 0.6 is 0 Å². The van der Waals surface area contributed by atoms with Gasteiger partial charge in [-0.15, -0.1) is 0 Å². The van der Waals surface area contributed by atoms with Crippen LogP contribution in [-0.2, 0) is 25.6 Å². The van der Waals surface area contributed by atoms with Crippen LogP contribution < -0.4 is 5.32 Å². The van der Waals surface area contributed by atoms with Gasteiger partial charge in [0.15, 0.2) is 0 Å². The third-order valence-corrected chi connectivity index (χ3v) is 5.64. The second kappa shape index (κ2) is 10.6. The zero-order valence-corrected chi connectivity index (χ0v) is 18.2. The van der Waals surface area contributed by atoms with E-state index in [4.69, 9.17) is 9.47 Å². The second-order valence-corrected chi connectivity index (χ2v) is 7.74. The molecule has 1 aliphatic heterocycles. The molecule has 0 radical (unpaired) electrons. The first-order valence-electron chi connectivity index (χ1n) is 10.9. The maximum Gasteiger partial charge on any atom is 0.253 e. The Kier molecular flexibility index (Phi) is 7.87. The minimum absolute atomic E-state index is 0.0872. The van der Waals surface area contributed by atoms with E-state index in [1.165, 1.54) is 0 Å². The van der Waals surface area contributed by atoms with E-state index in [-0.39, 0.29) is 17.9 Å². The van der Waals surface area contributed by atoms with Crippen LogP contribution in [0.1, 0.15) is 40.0 Å². The van der Waals surface area contributed by atoms with Gasteiger partial charge in [0.25, 0.3) is 5.91 Å². The van der Waals surface area contributed by atoms with E-state index in [9.17, 15) is 9.59 Å². The van der Waals surface area contributed by atoms with Gasteiger partial charge in [0.05, 0.1) is 12.7 Å². The number of aromatic nitrogens is 1. The van der Waals surface area contributed by atoms with Crippen molar-refractivity contribution in [3.05, 3.63) is 30.5 Å². The van der Waals surface area contributed by atoms with Crippen LogP contribution in [0.25, 0.3) is 10.9 Å². The lowest BCUT2D eigenvalue weighted by molar-refractivity contribution is -0.131. The molecule has 0 saturated carbocycles. The van der Waals surface area contributed by atoms with E-state index in [1.54, 1.807) is 6.92 Å². The summed E-state index contributed by atoms with van der Waals surface area (Å²) in [5.41, 5.74) is 1.68. The number of nitrogens with zero attached hydrogens (tertiary/aromatic N) is 2. The SMILES string of the molecule is CCN(CC)C(=O)Cn1ccc2cc(NC(=O)C(C)OCC3CCCCO3)ccc21. The summed E-state index contributed by atoms with van der Waals surface area (Å²) in [6.45, 7) is 8.66. The number of carbonyl (C=O) groups excluding carboxylic acids is 2. The number of amides is 2. The summed E-state index contributed by atoms with van der Waals surface area (Å²) < 4.78 is 13.3. The Morgan fingerprint density at radius 1 is 1.27 bits per heavy atom. The van der Waals surface area contributed by atoms with Crippen molar-refractivity contribution in [1.82, 2.24) is 9.47 Å². The van der Waals surface area contributed by atoms with E-state index >= 15 is 0 Å². The fourth-order valence-electron chi connectivity index (χ4n) is 3.75. The molecule has 30 heavy (non-hydrogen) atoms. The number of hydrogen-bond acceptors (Lipinski definition) is 4. The normalized spacial score (nSPS) is 17.6. The lowest BCUT2D eigenvalue weighted by atomic mass is 10.1. The summed E-state index contributed by atoms with van der Waals surface area (Å²) in [6.07, 6.45) is 4.67. The van der Waals surface area contributed by atoms with Crippen LogP contribution in [-0.4, -0.2) is 59.8 Å². The van der Waals surface area contributed by atoms with Crippen molar-refractivity contribution in [1.29, 1.82) is 0 Å². The number of rotatable bonds is 9. The monoisotopic (exact) mass is 415 g/mol. The molecule has 1 saturated heterocycles. The molecule has 1 aromatic heterocycles. The van der Waals surface area contributed by atoms with Crippen molar-refractivity contribution >= 4 is 28.4 Å². The van der Waals surface area contributed by atoms with Crippen LogP contribution in [0.2, 0.25) is 0 Å². The number of carbonyl (C=O) groups is 2. The van der Waals surface area contributed by atoms with E-state index in [1.807, 2.05) is 53.8 Å². The van der Waals surface area contributed by atoms with Gasteiger partial charge in [-0.3, -0.25) is 9.59 Å². The smallest absolute Gasteiger partial charge is 0.253 e. The third-order valence-electron chi connectivity index (χ3n) is 5.64. The van der Waals surface area contributed by atoms with Gasteiger partial charge in [-0.25, -0.2) is 0 Å². The van der Waals surface area contributed by atoms with Crippen molar-refractivity contribution in [2.24, 2.45) is 0 Å². The number of ether oxygens (including phenoxy) is 2. The Labute approximate surface area is 178 Å². The number of benzene rings is 1. The molecule has 2 heterocycles. The quantitative estimate of drug-likeness (QED) is 0.681. The summed E-state index contributed by atoms with van der Waals surface area (Å²) in [6, 6.07) is 7.67. The predicted molar refractivity (Wildman–Crippen MR) is 118 cm³/mol. The molecule has 1 aromatic carbocycles. The number of nitrogens with one attached hydrogen (secondary N) is 1. The van der Waals surface area contributed by atoms with Crippen molar-refractivity contribution < 1.29 is 19.1 Å². The molecule has 2 atom stereocenters. The van der Waals surface area contributed by atoms with Crippen molar-refractivity contribution in [2.45, 2.75) is 58.8 Å². The summed E-state index contributed by atoms with van der Waals surface area (Å²) in [5.74, 6) is -0.0795. The summed E-state index contributed by atoms with van der Waals surface area (Å²) in [7, 11) is 0. The highest BCUT2D eigenvalue weighted by Crippen LogP contribution is 2.21. The molecule has 2 unspecified atom stereocenters. The fraction of sp³-hybridized carbons (Fsp3) is 0.565. The van der Waals surface area contributed by atoms with Crippen molar-refractivity contribution in [3.63, 3.8) is 0 Å². The summed E-state index contributed by atoms with van der Waals surface area (Å²) in [4.78, 5) is 26.7. The minimum Gasteiger partial charge on any atom is -0.376 e. The summed E-state index contributed by atoms with van der Waals surface area (Å²) >= 11 is 0. The van der Waals surface area contributed by atoms with E-state index in [2.05, 4.69) is 5.32 Å². The van der Waals surface area contributed by atoms with Crippen molar-refractivity contribution in [3.8, 4) is 0 Å². The highest BCUT2D eigenvalue weighted by atomic mass is 16.5. The maximum absolute atomic E-state index is 12.5. The van der Waals surface area contributed by atoms with Crippen LogP contribution in [0.3, 0.4) is 0 Å². The standard InChI is InChI=1S/C23H33N3O4/c1-4-25(5-2)22(27)15-26-12-11-18-14-19(9-10-21(18)26)24-23(28)17(3)30-16-20-8-6-7-13-29-20/h9-12,14,17,20H,4-8,13,15-16H2,1-3H3,(H,24,28). The first kappa shape index (κ1) is 22.3. The number of likely N-dealkylation sites (N-methyl/N-ethyl adjacent to an activating group) is 1. The fourth-order valence-corrected chi connectivity index (χ4v) is 3.75. The van der Waals surface area contributed by atoms with Gasteiger partial charge in [-0.1, -0.05) is 0 Å². The van der Waals surface area contributed by atoms with Gasteiger partial charge in [0.2, 0.25) is 5.91 Å². The first-order chi connectivity index (χ1) is 14.5. The topological polar surface area (TPSA) is 72.8 Å². The molecule has 3 rings (SSSR count). The molecule has 1 aliphatic rings. The zero-order valence-electron chi connectivity index (χ0n) is 18.2.